The highest BCUT2D eigenvalue weighted by molar-refractivity contribution is 6.32. The Balaban J connectivity index is 2.25. The number of halogens is 3. The summed E-state index contributed by atoms with van der Waals surface area (Å²) in [4.78, 5) is 0. The summed E-state index contributed by atoms with van der Waals surface area (Å²) in [5.74, 6) is -1.26. The van der Waals surface area contributed by atoms with Crippen LogP contribution in [0.3, 0.4) is 0 Å². The van der Waals surface area contributed by atoms with Crippen molar-refractivity contribution in [3.8, 4) is 5.75 Å². The van der Waals surface area contributed by atoms with E-state index in [-0.39, 0.29) is 16.3 Å². The first-order valence-electron chi connectivity index (χ1n) is 5.68. The number of aromatic hydroxyl groups is 1. The van der Waals surface area contributed by atoms with Gasteiger partial charge >= 0.3 is 0 Å². The van der Waals surface area contributed by atoms with Gasteiger partial charge < -0.3 is 10.4 Å². The number of hydrogen-bond donors (Lipinski definition) is 2. The second kappa shape index (κ2) is 5.45. The number of phenols is 1. The number of benzene rings is 2. The van der Waals surface area contributed by atoms with Crippen molar-refractivity contribution in [2.75, 3.05) is 5.32 Å². The van der Waals surface area contributed by atoms with Crippen LogP contribution in [0.4, 0.5) is 14.5 Å². The highest BCUT2D eigenvalue weighted by Crippen LogP contribution is 2.29. The molecule has 1 unspecified atom stereocenters. The Labute approximate surface area is 114 Å². The Morgan fingerprint density at radius 2 is 1.79 bits per heavy atom. The fourth-order valence-electron chi connectivity index (χ4n) is 1.84. The van der Waals surface area contributed by atoms with E-state index in [1.165, 1.54) is 30.3 Å². The van der Waals surface area contributed by atoms with Crippen LogP contribution in [0.1, 0.15) is 18.5 Å². The summed E-state index contributed by atoms with van der Waals surface area (Å²) in [5, 5.41) is 12.4. The van der Waals surface area contributed by atoms with Gasteiger partial charge in [0, 0.05) is 11.3 Å². The number of phenolic OH excluding ortho intramolecular Hbond substituents is 1. The van der Waals surface area contributed by atoms with Gasteiger partial charge in [0.2, 0.25) is 0 Å². The smallest absolute Gasteiger partial charge is 0.134 e. The maximum absolute atomic E-state index is 13.6. The summed E-state index contributed by atoms with van der Waals surface area (Å²) in [6.07, 6.45) is 0. The molecule has 0 amide bonds. The van der Waals surface area contributed by atoms with Gasteiger partial charge in [-0.25, -0.2) is 8.78 Å². The van der Waals surface area contributed by atoms with Crippen LogP contribution in [0.25, 0.3) is 0 Å². The van der Waals surface area contributed by atoms with Crippen molar-refractivity contribution in [2.45, 2.75) is 13.0 Å². The van der Waals surface area contributed by atoms with Crippen LogP contribution in [-0.4, -0.2) is 5.11 Å². The molecule has 5 heteroatoms. The van der Waals surface area contributed by atoms with Gasteiger partial charge in [0.05, 0.1) is 11.1 Å². The average molecular weight is 284 g/mol. The van der Waals surface area contributed by atoms with Crippen molar-refractivity contribution < 1.29 is 13.9 Å². The molecule has 100 valence electrons. The zero-order valence-corrected chi connectivity index (χ0v) is 10.9. The van der Waals surface area contributed by atoms with E-state index in [4.69, 9.17) is 11.6 Å². The average Bonchev–Trinajstić information content (AvgIpc) is 2.33. The molecule has 0 spiro atoms. The molecule has 0 aliphatic heterocycles. The normalized spacial score (nSPS) is 12.2. The van der Waals surface area contributed by atoms with Gasteiger partial charge in [0.25, 0.3) is 0 Å². The van der Waals surface area contributed by atoms with E-state index in [0.717, 1.165) is 0 Å². The summed E-state index contributed by atoms with van der Waals surface area (Å²) in [6.45, 7) is 1.64. The van der Waals surface area contributed by atoms with E-state index in [2.05, 4.69) is 5.32 Å². The van der Waals surface area contributed by atoms with E-state index in [0.29, 0.717) is 5.69 Å². The molecule has 0 radical (unpaired) electrons. The highest BCUT2D eigenvalue weighted by atomic mass is 35.5. The minimum atomic E-state index is -0.607. The topological polar surface area (TPSA) is 32.3 Å². The fourth-order valence-corrected chi connectivity index (χ4v) is 2.02. The van der Waals surface area contributed by atoms with Crippen molar-refractivity contribution in [1.29, 1.82) is 0 Å². The summed E-state index contributed by atoms with van der Waals surface area (Å²) < 4.78 is 27.2. The van der Waals surface area contributed by atoms with Gasteiger partial charge in [0.1, 0.15) is 17.4 Å². The van der Waals surface area contributed by atoms with Crippen LogP contribution in [0.15, 0.2) is 36.4 Å². The van der Waals surface area contributed by atoms with Crippen molar-refractivity contribution in [3.05, 3.63) is 58.6 Å². The van der Waals surface area contributed by atoms with Gasteiger partial charge in [-0.2, -0.15) is 0 Å². The predicted molar refractivity (Wildman–Crippen MR) is 71.5 cm³/mol. The van der Waals surface area contributed by atoms with Gasteiger partial charge in [0.15, 0.2) is 0 Å². The summed E-state index contributed by atoms with van der Waals surface area (Å²) in [7, 11) is 0. The van der Waals surface area contributed by atoms with Crippen LogP contribution < -0.4 is 5.32 Å². The third-order valence-corrected chi connectivity index (χ3v) is 3.07. The standard InChI is InChI=1S/C14H12ClF2NO/c1-8(14-11(16)3-2-4-12(14)17)18-9-5-6-13(19)10(15)7-9/h2-8,18-19H,1H3. The third-order valence-electron chi connectivity index (χ3n) is 2.76. The number of anilines is 1. The van der Waals surface area contributed by atoms with E-state index in [1.807, 2.05) is 0 Å². The summed E-state index contributed by atoms with van der Waals surface area (Å²) in [5.41, 5.74) is 0.532. The van der Waals surface area contributed by atoms with E-state index < -0.39 is 17.7 Å². The zero-order chi connectivity index (χ0) is 14.0. The lowest BCUT2D eigenvalue weighted by Crippen LogP contribution is -2.10. The Kier molecular flexibility index (Phi) is 3.90. The van der Waals surface area contributed by atoms with Crippen molar-refractivity contribution in [2.24, 2.45) is 0 Å². The zero-order valence-electron chi connectivity index (χ0n) is 10.1. The summed E-state index contributed by atoms with van der Waals surface area (Å²) >= 11 is 5.77. The quantitative estimate of drug-likeness (QED) is 0.813. The molecule has 2 nitrogen and oxygen atoms in total. The van der Waals surface area contributed by atoms with Crippen LogP contribution in [0.2, 0.25) is 5.02 Å². The Morgan fingerprint density at radius 3 is 2.37 bits per heavy atom. The largest absolute Gasteiger partial charge is 0.506 e. The Morgan fingerprint density at radius 1 is 1.16 bits per heavy atom. The molecule has 0 fully saturated rings. The maximum Gasteiger partial charge on any atom is 0.134 e. The first-order valence-corrected chi connectivity index (χ1v) is 6.06. The minimum Gasteiger partial charge on any atom is -0.506 e. The molecule has 2 rings (SSSR count). The minimum absolute atomic E-state index is 0.0355. The second-order valence-electron chi connectivity index (χ2n) is 4.17. The molecule has 0 aliphatic carbocycles. The molecule has 0 heterocycles. The molecule has 0 bridgehead atoms. The molecular formula is C14H12ClF2NO. The third kappa shape index (κ3) is 2.96. The van der Waals surface area contributed by atoms with Crippen molar-refractivity contribution in [3.63, 3.8) is 0 Å². The molecule has 0 saturated heterocycles. The van der Waals surface area contributed by atoms with E-state index in [9.17, 15) is 13.9 Å². The van der Waals surface area contributed by atoms with Gasteiger partial charge in [-0.15, -0.1) is 0 Å². The first-order chi connectivity index (χ1) is 8.99. The molecular weight excluding hydrogens is 272 g/mol. The predicted octanol–water partition coefficient (Wildman–Crippen LogP) is 4.50. The van der Waals surface area contributed by atoms with E-state index in [1.54, 1.807) is 13.0 Å². The first kappa shape index (κ1) is 13.6. The van der Waals surface area contributed by atoms with Gasteiger partial charge in [-0.3, -0.25) is 0 Å². The lowest BCUT2D eigenvalue weighted by Gasteiger charge is -2.17. The van der Waals surface area contributed by atoms with Gasteiger partial charge in [-0.1, -0.05) is 17.7 Å². The van der Waals surface area contributed by atoms with Crippen LogP contribution >= 0.6 is 11.6 Å². The van der Waals surface area contributed by atoms with Crippen LogP contribution in [0.5, 0.6) is 5.75 Å². The van der Waals surface area contributed by atoms with Crippen molar-refractivity contribution in [1.82, 2.24) is 0 Å². The van der Waals surface area contributed by atoms with Crippen LogP contribution in [-0.2, 0) is 0 Å². The van der Waals surface area contributed by atoms with Gasteiger partial charge in [-0.05, 0) is 37.3 Å². The molecule has 19 heavy (non-hydrogen) atoms. The Bertz CT molecular complexity index is 584. The molecule has 1 atom stereocenters. The maximum atomic E-state index is 13.6. The monoisotopic (exact) mass is 283 g/mol. The lowest BCUT2D eigenvalue weighted by molar-refractivity contribution is 0.475. The van der Waals surface area contributed by atoms with Crippen molar-refractivity contribution >= 4 is 17.3 Å². The highest BCUT2D eigenvalue weighted by Gasteiger charge is 2.16. The second-order valence-corrected chi connectivity index (χ2v) is 4.57. The number of hydrogen-bond acceptors (Lipinski definition) is 2. The molecule has 0 aromatic heterocycles. The summed E-state index contributed by atoms with van der Waals surface area (Å²) in [6, 6.07) is 7.65. The number of rotatable bonds is 3. The molecule has 0 aliphatic rings. The Hall–Kier alpha value is -1.81. The number of nitrogens with one attached hydrogen (secondary N) is 1. The van der Waals surface area contributed by atoms with E-state index >= 15 is 0 Å². The van der Waals surface area contributed by atoms with Crippen LogP contribution in [0, 0.1) is 11.6 Å². The molecule has 2 aromatic rings. The molecule has 0 saturated carbocycles. The lowest BCUT2D eigenvalue weighted by atomic mass is 10.1. The molecule has 2 N–H and O–H groups in total. The SMILES string of the molecule is CC(Nc1ccc(O)c(Cl)c1)c1c(F)cccc1F. The molecule has 2 aromatic carbocycles. The fraction of sp³-hybridized carbons (Fsp3) is 0.143.